The molecule has 118 valence electrons. The number of hydrogen-bond acceptors (Lipinski definition) is 5. The van der Waals surface area contributed by atoms with Gasteiger partial charge in [0.15, 0.2) is 0 Å². The molecule has 1 fully saturated rings. The number of pyridine rings is 1. The Morgan fingerprint density at radius 1 is 1.12 bits per heavy atom. The van der Waals surface area contributed by atoms with Crippen molar-refractivity contribution in [3.63, 3.8) is 0 Å². The van der Waals surface area contributed by atoms with Crippen molar-refractivity contribution in [2.45, 2.75) is 18.8 Å². The highest BCUT2D eigenvalue weighted by Gasteiger charge is 2.31. The molecule has 3 heterocycles. The van der Waals surface area contributed by atoms with E-state index in [2.05, 4.69) is 15.1 Å². The molecule has 0 spiro atoms. The van der Waals surface area contributed by atoms with Crippen molar-refractivity contribution in [2.24, 2.45) is 5.73 Å². The van der Waals surface area contributed by atoms with Crippen LogP contribution in [0.3, 0.4) is 0 Å². The summed E-state index contributed by atoms with van der Waals surface area (Å²) in [6, 6.07) is 11.6. The van der Waals surface area contributed by atoms with Crippen LogP contribution in [-0.4, -0.2) is 25.4 Å². The maximum Gasteiger partial charge on any atom is 0.285 e. The van der Waals surface area contributed by atoms with Crippen molar-refractivity contribution in [1.82, 2.24) is 19.5 Å². The molecule has 0 bridgehead atoms. The Labute approximate surface area is 136 Å². The molecular weight excluding hydrogens is 306 g/mol. The third kappa shape index (κ3) is 1.84. The van der Waals surface area contributed by atoms with E-state index in [9.17, 15) is 4.79 Å². The molecule has 2 N–H and O–H groups in total. The number of nitrogens with two attached hydrogens (primary N) is 1. The van der Waals surface area contributed by atoms with Crippen LogP contribution in [0.1, 0.15) is 35.3 Å². The average Bonchev–Trinajstić information content (AvgIpc) is 3.19. The zero-order valence-electron chi connectivity index (χ0n) is 12.6. The number of rotatable bonds is 3. The van der Waals surface area contributed by atoms with Gasteiger partial charge in [0.2, 0.25) is 17.5 Å². The first-order chi connectivity index (χ1) is 11.7. The molecule has 0 unspecified atom stereocenters. The van der Waals surface area contributed by atoms with Gasteiger partial charge in [-0.25, -0.2) is 4.98 Å². The van der Waals surface area contributed by atoms with E-state index in [1.54, 1.807) is 4.40 Å². The molecule has 24 heavy (non-hydrogen) atoms. The molecule has 1 saturated carbocycles. The first-order valence-electron chi connectivity index (χ1n) is 7.76. The van der Waals surface area contributed by atoms with Crippen LogP contribution in [-0.2, 0) is 0 Å². The van der Waals surface area contributed by atoms with Crippen molar-refractivity contribution < 1.29 is 9.32 Å². The number of nitrogens with zero attached hydrogens (tertiary/aromatic N) is 4. The lowest BCUT2D eigenvalue weighted by molar-refractivity contribution is 0.0990. The molecule has 4 aromatic rings. The van der Waals surface area contributed by atoms with Gasteiger partial charge in [-0.05, 0) is 30.4 Å². The summed E-state index contributed by atoms with van der Waals surface area (Å²) < 4.78 is 7.07. The highest BCUT2D eigenvalue weighted by atomic mass is 16.5. The van der Waals surface area contributed by atoms with Crippen molar-refractivity contribution >= 4 is 22.3 Å². The third-order valence-electron chi connectivity index (χ3n) is 4.31. The van der Waals surface area contributed by atoms with E-state index >= 15 is 0 Å². The van der Waals surface area contributed by atoms with Gasteiger partial charge < -0.3 is 10.3 Å². The van der Waals surface area contributed by atoms with Gasteiger partial charge in [0.25, 0.3) is 5.91 Å². The first kappa shape index (κ1) is 13.2. The number of carbonyl (C=O) groups excluding carboxylic acids is 1. The van der Waals surface area contributed by atoms with Gasteiger partial charge in [0.1, 0.15) is 5.69 Å². The monoisotopic (exact) mass is 319 g/mol. The molecule has 1 amide bonds. The molecule has 1 aromatic carbocycles. The Morgan fingerprint density at radius 3 is 2.75 bits per heavy atom. The normalized spacial score (nSPS) is 14.5. The van der Waals surface area contributed by atoms with Crippen molar-refractivity contribution in [1.29, 1.82) is 0 Å². The number of para-hydroxylation sites is 1. The van der Waals surface area contributed by atoms with Crippen LogP contribution in [0.4, 0.5) is 0 Å². The number of hydrogen-bond donors (Lipinski definition) is 1. The fourth-order valence-electron chi connectivity index (χ4n) is 2.99. The minimum absolute atomic E-state index is 0.162. The highest BCUT2D eigenvalue weighted by Crippen LogP contribution is 2.39. The standard InChI is InChI=1S/C17H13N5O2/c18-14(23)16-19-13(15-20-17(24-21-15)10-5-6-10)12-8-7-9-3-1-2-4-11(9)22(12)16/h1-4,7-8,10H,5-6H2,(H2,18,23). The second kappa shape index (κ2) is 4.64. The fraction of sp³-hybridized carbons (Fsp3) is 0.176. The molecule has 7 heteroatoms. The summed E-state index contributed by atoms with van der Waals surface area (Å²) in [5.41, 5.74) is 7.63. The average molecular weight is 319 g/mol. The molecule has 7 nitrogen and oxygen atoms in total. The van der Waals surface area contributed by atoms with E-state index in [-0.39, 0.29) is 5.82 Å². The number of fused-ring (bicyclic) bond motifs is 3. The smallest absolute Gasteiger partial charge is 0.285 e. The molecule has 0 radical (unpaired) electrons. The van der Waals surface area contributed by atoms with Crippen molar-refractivity contribution in [3.05, 3.63) is 48.1 Å². The molecule has 0 saturated heterocycles. The minimum Gasteiger partial charge on any atom is -0.363 e. The lowest BCUT2D eigenvalue weighted by Crippen LogP contribution is -2.15. The number of carbonyl (C=O) groups is 1. The summed E-state index contributed by atoms with van der Waals surface area (Å²) in [6.45, 7) is 0. The van der Waals surface area contributed by atoms with E-state index in [1.807, 2.05) is 36.4 Å². The second-order valence-corrected chi connectivity index (χ2v) is 5.99. The minimum atomic E-state index is -0.599. The van der Waals surface area contributed by atoms with E-state index in [0.717, 1.165) is 29.3 Å². The topological polar surface area (TPSA) is 99.3 Å². The Balaban J connectivity index is 1.82. The Hall–Kier alpha value is -3.22. The lowest BCUT2D eigenvalue weighted by Gasteiger charge is -2.04. The Kier molecular flexibility index (Phi) is 2.56. The van der Waals surface area contributed by atoms with Crippen molar-refractivity contribution in [3.8, 4) is 11.5 Å². The number of benzene rings is 1. The van der Waals surface area contributed by atoms with E-state index in [1.165, 1.54) is 0 Å². The van der Waals surface area contributed by atoms with Gasteiger partial charge in [-0.2, -0.15) is 4.98 Å². The zero-order valence-corrected chi connectivity index (χ0v) is 12.6. The van der Waals surface area contributed by atoms with E-state index < -0.39 is 5.91 Å². The SMILES string of the molecule is NC(=O)c1nc(-c2noc(C3CC3)n2)c2ccc3ccccc3n12. The summed E-state index contributed by atoms with van der Waals surface area (Å²) in [5, 5.41) is 5.03. The number of aromatic nitrogens is 4. The van der Waals surface area contributed by atoms with Crippen LogP contribution in [0.15, 0.2) is 40.9 Å². The van der Waals surface area contributed by atoms with Gasteiger partial charge in [0.05, 0.1) is 11.0 Å². The Morgan fingerprint density at radius 2 is 1.96 bits per heavy atom. The van der Waals surface area contributed by atoms with Gasteiger partial charge >= 0.3 is 0 Å². The van der Waals surface area contributed by atoms with Crippen LogP contribution < -0.4 is 5.73 Å². The van der Waals surface area contributed by atoms with Crippen molar-refractivity contribution in [2.75, 3.05) is 0 Å². The van der Waals surface area contributed by atoms with Gasteiger partial charge in [-0.15, -0.1) is 0 Å². The largest absolute Gasteiger partial charge is 0.363 e. The zero-order chi connectivity index (χ0) is 16.3. The first-order valence-corrected chi connectivity index (χ1v) is 7.76. The quantitative estimate of drug-likeness (QED) is 0.625. The van der Waals surface area contributed by atoms with Gasteiger partial charge in [0, 0.05) is 5.92 Å². The fourth-order valence-corrected chi connectivity index (χ4v) is 2.99. The van der Waals surface area contributed by atoms with Crippen LogP contribution in [0.25, 0.3) is 27.9 Å². The van der Waals surface area contributed by atoms with Crippen LogP contribution in [0, 0.1) is 0 Å². The molecular formula is C17H13N5O2. The second-order valence-electron chi connectivity index (χ2n) is 5.99. The summed E-state index contributed by atoms with van der Waals surface area (Å²) in [7, 11) is 0. The van der Waals surface area contributed by atoms with Crippen LogP contribution >= 0.6 is 0 Å². The van der Waals surface area contributed by atoms with Crippen LogP contribution in [0.2, 0.25) is 0 Å². The number of imidazole rings is 1. The summed E-state index contributed by atoms with van der Waals surface area (Å²) in [4.78, 5) is 20.7. The predicted molar refractivity (Wildman–Crippen MR) is 86.5 cm³/mol. The predicted octanol–water partition coefficient (Wildman–Crippen LogP) is 2.51. The summed E-state index contributed by atoms with van der Waals surface area (Å²) in [6.07, 6.45) is 2.14. The molecule has 1 aliphatic carbocycles. The van der Waals surface area contributed by atoms with Gasteiger partial charge in [-0.1, -0.05) is 29.4 Å². The van der Waals surface area contributed by atoms with Crippen LogP contribution in [0.5, 0.6) is 0 Å². The summed E-state index contributed by atoms with van der Waals surface area (Å²) >= 11 is 0. The molecule has 1 aliphatic rings. The number of primary amides is 1. The highest BCUT2D eigenvalue weighted by molar-refractivity contribution is 5.96. The third-order valence-corrected chi connectivity index (χ3v) is 4.31. The Bertz CT molecular complexity index is 1110. The summed E-state index contributed by atoms with van der Waals surface area (Å²) in [5.74, 6) is 0.939. The molecule has 0 atom stereocenters. The van der Waals surface area contributed by atoms with E-state index in [0.29, 0.717) is 23.3 Å². The molecule has 5 rings (SSSR count). The van der Waals surface area contributed by atoms with Gasteiger partial charge in [-0.3, -0.25) is 9.20 Å². The van der Waals surface area contributed by atoms with E-state index in [4.69, 9.17) is 10.3 Å². The molecule has 0 aliphatic heterocycles. The maximum atomic E-state index is 11.9. The molecule has 3 aromatic heterocycles. The lowest BCUT2D eigenvalue weighted by atomic mass is 10.2. The maximum absolute atomic E-state index is 11.9. The number of amides is 1.